The number of rotatable bonds is 1. The van der Waals surface area contributed by atoms with Crippen molar-refractivity contribution in [3.8, 4) is 0 Å². The molecule has 1 aromatic rings. The Morgan fingerprint density at radius 2 is 2.06 bits per heavy atom. The van der Waals surface area contributed by atoms with Crippen LogP contribution in [0, 0.1) is 6.92 Å². The van der Waals surface area contributed by atoms with Crippen molar-refractivity contribution in [2.45, 2.75) is 13.3 Å². The molecule has 0 saturated carbocycles. The molecule has 0 aromatic heterocycles. The summed E-state index contributed by atoms with van der Waals surface area (Å²) in [7, 11) is 0. The topological polar surface area (TPSA) is 75.4 Å². The Morgan fingerprint density at radius 3 is 2.65 bits per heavy atom. The van der Waals surface area contributed by atoms with E-state index < -0.39 is 0 Å². The number of aryl methyl sites for hydroxylation is 1. The van der Waals surface area contributed by atoms with Gasteiger partial charge in [-0.2, -0.15) is 0 Å². The molecule has 0 unspecified atom stereocenters. The van der Waals surface area contributed by atoms with Gasteiger partial charge >= 0.3 is 6.03 Å². The van der Waals surface area contributed by atoms with Crippen molar-refractivity contribution in [3.05, 3.63) is 23.8 Å². The molecule has 0 spiro atoms. The van der Waals surface area contributed by atoms with Crippen LogP contribution in [0.1, 0.15) is 12.0 Å². The zero-order chi connectivity index (χ0) is 11.7. The fourth-order valence-corrected chi connectivity index (χ4v) is 1.78. The Labute approximate surface area is 105 Å². The predicted octanol–water partition coefficient (Wildman–Crippen LogP) is 1.45. The lowest BCUT2D eigenvalue weighted by Crippen LogP contribution is -2.49. The van der Waals surface area contributed by atoms with Gasteiger partial charge in [-0.15, -0.1) is 12.4 Å². The summed E-state index contributed by atoms with van der Waals surface area (Å²) < 4.78 is 0. The number of nitrogen functional groups attached to an aromatic ring is 1. The van der Waals surface area contributed by atoms with Gasteiger partial charge in [0.15, 0.2) is 0 Å². The van der Waals surface area contributed by atoms with Gasteiger partial charge in [0.05, 0.1) is 0 Å². The number of urea groups is 1. The number of nitrogens with one attached hydrogen (secondary N) is 1. The van der Waals surface area contributed by atoms with E-state index in [1.165, 1.54) is 0 Å². The average Bonchev–Trinajstić information content (AvgIpc) is 2.19. The lowest BCUT2D eigenvalue weighted by molar-refractivity contribution is -0.120. The molecule has 5 nitrogen and oxygen atoms in total. The van der Waals surface area contributed by atoms with E-state index in [4.69, 9.17) is 5.73 Å². The standard InChI is InChI=1S/C11H13N3O2.ClH/c1-7-6-8(12)2-3-9(7)14-5-4-10(15)13-11(14)16;/h2-3,6H,4-5,12H2,1H3,(H,13,15,16);1H. The van der Waals surface area contributed by atoms with Gasteiger partial charge in [-0.05, 0) is 30.7 Å². The normalized spacial score (nSPS) is 15.2. The van der Waals surface area contributed by atoms with Crippen molar-refractivity contribution in [2.24, 2.45) is 0 Å². The van der Waals surface area contributed by atoms with Gasteiger partial charge in [-0.25, -0.2) is 4.79 Å². The molecule has 0 bridgehead atoms. The Kier molecular flexibility index (Phi) is 3.96. The number of carbonyl (C=O) groups excluding carboxylic acids is 2. The van der Waals surface area contributed by atoms with Gasteiger partial charge < -0.3 is 5.73 Å². The molecule has 1 heterocycles. The lowest BCUT2D eigenvalue weighted by Gasteiger charge is -2.27. The molecular formula is C11H14ClN3O2. The predicted molar refractivity (Wildman–Crippen MR) is 68.3 cm³/mol. The lowest BCUT2D eigenvalue weighted by atomic mass is 10.1. The van der Waals surface area contributed by atoms with E-state index in [2.05, 4.69) is 5.32 Å². The number of hydrogen-bond donors (Lipinski definition) is 2. The molecule has 0 radical (unpaired) electrons. The molecule has 1 aliphatic heterocycles. The van der Waals surface area contributed by atoms with E-state index in [1.54, 1.807) is 23.1 Å². The largest absolute Gasteiger partial charge is 0.399 e. The molecular weight excluding hydrogens is 242 g/mol. The summed E-state index contributed by atoms with van der Waals surface area (Å²) in [6.07, 6.45) is 0.329. The first-order chi connectivity index (χ1) is 7.58. The van der Waals surface area contributed by atoms with Crippen LogP contribution in [-0.4, -0.2) is 18.5 Å². The van der Waals surface area contributed by atoms with Crippen molar-refractivity contribution in [1.82, 2.24) is 5.32 Å². The zero-order valence-corrected chi connectivity index (χ0v) is 10.2. The molecule has 0 aliphatic carbocycles. The highest BCUT2D eigenvalue weighted by Gasteiger charge is 2.24. The van der Waals surface area contributed by atoms with Gasteiger partial charge in [0.1, 0.15) is 0 Å². The minimum atomic E-state index is -0.371. The quantitative estimate of drug-likeness (QED) is 0.746. The number of amides is 3. The minimum absolute atomic E-state index is 0. The van der Waals surface area contributed by atoms with Crippen molar-refractivity contribution in [2.75, 3.05) is 17.2 Å². The Hall–Kier alpha value is -1.75. The first-order valence-corrected chi connectivity index (χ1v) is 5.05. The summed E-state index contributed by atoms with van der Waals surface area (Å²) in [6.45, 7) is 2.30. The Morgan fingerprint density at radius 1 is 1.35 bits per heavy atom. The average molecular weight is 256 g/mol. The van der Waals surface area contributed by atoms with Gasteiger partial charge in [-0.3, -0.25) is 15.0 Å². The van der Waals surface area contributed by atoms with Gasteiger partial charge in [0.25, 0.3) is 0 Å². The molecule has 1 saturated heterocycles. The third kappa shape index (κ3) is 2.68. The maximum absolute atomic E-state index is 11.6. The summed E-state index contributed by atoms with van der Waals surface area (Å²) in [5, 5.41) is 2.29. The van der Waals surface area contributed by atoms with Gasteiger partial charge in [0.2, 0.25) is 5.91 Å². The number of anilines is 2. The molecule has 0 atom stereocenters. The van der Waals surface area contributed by atoms with Crippen molar-refractivity contribution in [3.63, 3.8) is 0 Å². The van der Waals surface area contributed by atoms with Crippen LogP contribution in [0.2, 0.25) is 0 Å². The second kappa shape index (κ2) is 5.05. The van der Waals surface area contributed by atoms with Crippen molar-refractivity contribution in [1.29, 1.82) is 0 Å². The van der Waals surface area contributed by atoms with E-state index in [1.807, 2.05) is 6.92 Å². The second-order valence-electron chi connectivity index (χ2n) is 3.80. The molecule has 2 rings (SSSR count). The number of nitrogens with two attached hydrogens (primary N) is 1. The molecule has 1 aliphatic rings. The molecule has 1 fully saturated rings. The maximum atomic E-state index is 11.6. The Balaban J connectivity index is 0.00000144. The van der Waals surface area contributed by atoms with Crippen LogP contribution in [0.5, 0.6) is 0 Å². The molecule has 92 valence electrons. The number of benzene rings is 1. The smallest absolute Gasteiger partial charge is 0.328 e. The van der Waals surface area contributed by atoms with Crippen LogP contribution in [-0.2, 0) is 4.79 Å². The highest BCUT2D eigenvalue weighted by atomic mass is 35.5. The van der Waals surface area contributed by atoms with E-state index in [9.17, 15) is 9.59 Å². The van der Waals surface area contributed by atoms with Gasteiger partial charge in [-0.1, -0.05) is 0 Å². The van der Waals surface area contributed by atoms with Crippen LogP contribution in [0.15, 0.2) is 18.2 Å². The monoisotopic (exact) mass is 255 g/mol. The van der Waals surface area contributed by atoms with E-state index >= 15 is 0 Å². The number of hydrogen-bond acceptors (Lipinski definition) is 3. The summed E-state index contributed by atoms with van der Waals surface area (Å²) in [4.78, 5) is 24.2. The zero-order valence-electron chi connectivity index (χ0n) is 9.40. The fraction of sp³-hybridized carbons (Fsp3) is 0.273. The minimum Gasteiger partial charge on any atom is -0.399 e. The summed E-state index contributed by atoms with van der Waals surface area (Å²) in [6, 6.07) is 4.97. The fourth-order valence-electron chi connectivity index (χ4n) is 1.78. The van der Waals surface area contributed by atoms with Crippen molar-refractivity contribution < 1.29 is 9.59 Å². The number of imide groups is 1. The summed E-state index contributed by atoms with van der Waals surface area (Å²) in [5.74, 6) is -0.227. The number of nitrogens with zero attached hydrogens (tertiary/aromatic N) is 1. The third-order valence-corrected chi connectivity index (χ3v) is 2.57. The first-order valence-electron chi connectivity index (χ1n) is 5.05. The molecule has 6 heteroatoms. The second-order valence-corrected chi connectivity index (χ2v) is 3.80. The van der Waals surface area contributed by atoms with Crippen LogP contribution in [0.25, 0.3) is 0 Å². The summed E-state index contributed by atoms with van der Waals surface area (Å²) in [5.41, 5.74) is 8.01. The molecule has 1 aromatic carbocycles. The van der Waals surface area contributed by atoms with E-state index in [0.717, 1.165) is 11.3 Å². The van der Waals surface area contributed by atoms with Crippen LogP contribution in [0.3, 0.4) is 0 Å². The van der Waals surface area contributed by atoms with Crippen molar-refractivity contribution >= 4 is 35.7 Å². The highest BCUT2D eigenvalue weighted by molar-refractivity contribution is 6.05. The molecule has 17 heavy (non-hydrogen) atoms. The number of halogens is 1. The first kappa shape index (κ1) is 13.3. The molecule has 3 amide bonds. The highest BCUT2D eigenvalue weighted by Crippen LogP contribution is 2.23. The summed E-state index contributed by atoms with van der Waals surface area (Å²) >= 11 is 0. The van der Waals surface area contributed by atoms with Gasteiger partial charge in [0, 0.05) is 24.3 Å². The molecule has 3 N–H and O–H groups in total. The van der Waals surface area contributed by atoms with E-state index in [0.29, 0.717) is 18.7 Å². The maximum Gasteiger partial charge on any atom is 0.328 e. The Bertz CT molecular complexity index is 462. The third-order valence-electron chi connectivity index (χ3n) is 2.57. The van der Waals surface area contributed by atoms with Crippen LogP contribution < -0.4 is 16.0 Å². The van der Waals surface area contributed by atoms with E-state index in [-0.39, 0.29) is 24.3 Å². The van der Waals surface area contributed by atoms with Crippen LogP contribution >= 0.6 is 12.4 Å². The SMILES string of the molecule is Cc1cc(N)ccc1N1CCC(=O)NC1=O.Cl. The number of carbonyl (C=O) groups is 2. The van der Waals surface area contributed by atoms with Crippen LogP contribution in [0.4, 0.5) is 16.2 Å².